The van der Waals surface area contributed by atoms with Gasteiger partial charge in [0.1, 0.15) is 5.82 Å². The monoisotopic (exact) mass is 440 g/mol. The average Bonchev–Trinajstić information content (AvgIpc) is 3.37. The molecular formula is C22H21FN4O3S. The van der Waals surface area contributed by atoms with E-state index < -0.39 is 0 Å². The van der Waals surface area contributed by atoms with E-state index in [1.807, 2.05) is 35.8 Å². The Morgan fingerprint density at radius 3 is 2.84 bits per heavy atom. The lowest BCUT2D eigenvalue weighted by molar-refractivity contribution is -0.113. The number of ether oxygens (including phenoxy) is 1. The van der Waals surface area contributed by atoms with E-state index in [1.165, 1.54) is 23.9 Å². The van der Waals surface area contributed by atoms with Crippen LogP contribution in [0.1, 0.15) is 12.5 Å². The molecule has 4 rings (SSSR count). The molecule has 0 bridgehead atoms. The number of aromatic nitrogens is 3. The highest BCUT2D eigenvalue weighted by Crippen LogP contribution is 2.33. The van der Waals surface area contributed by atoms with E-state index in [9.17, 15) is 9.18 Å². The topological polar surface area (TPSA) is 82.2 Å². The van der Waals surface area contributed by atoms with Crippen molar-refractivity contribution in [2.75, 3.05) is 18.2 Å². The van der Waals surface area contributed by atoms with Gasteiger partial charge in [0.2, 0.25) is 11.7 Å². The van der Waals surface area contributed by atoms with Crippen molar-refractivity contribution in [1.82, 2.24) is 14.8 Å². The summed E-state index contributed by atoms with van der Waals surface area (Å²) in [6.45, 7) is 4.33. The number of carbonyl (C=O) groups is 1. The standard InChI is InChI=1S/C22H21FN4O3S/c1-4-27-21(18-11-14-6-5-7-17(29-3)20(14)30-18)25-26-22(27)31-12-19(28)24-16-9-8-15(23)10-13(16)2/h5-11H,4,12H2,1-3H3,(H,24,28). The summed E-state index contributed by atoms with van der Waals surface area (Å²) in [5.74, 6) is 1.40. The lowest BCUT2D eigenvalue weighted by Crippen LogP contribution is -2.15. The number of benzene rings is 2. The number of nitrogens with one attached hydrogen (secondary N) is 1. The molecule has 2 aromatic heterocycles. The number of halogens is 1. The van der Waals surface area contributed by atoms with E-state index in [0.717, 1.165) is 5.39 Å². The second-order valence-electron chi connectivity index (χ2n) is 6.84. The maximum Gasteiger partial charge on any atom is 0.234 e. The summed E-state index contributed by atoms with van der Waals surface area (Å²) < 4.78 is 26.5. The molecule has 0 unspecified atom stereocenters. The minimum atomic E-state index is -0.336. The zero-order valence-corrected chi connectivity index (χ0v) is 18.1. The molecule has 0 atom stereocenters. The molecule has 0 aliphatic heterocycles. The fraction of sp³-hybridized carbons (Fsp3) is 0.227. The average molecular weight is 441 g/mol. The number of anilines is 1. The Hall–Kier alpha value is -3.33. The van der Waals surface area contributed by atoms with Gasteiger partial charge >= 0.3 is 0 Å². The van der Waals surface area contributed by atoms with Gasteiger partial charge in [0.15, 0.2) is 22.2 Å². The van der Waals surface area contributed by atoms with E-state index in [2.05, 4.69) is 15.5 Å². The minimum absolute atomic E-state index is 0.142. The predicted molar refractivity (Wildman–Crippen MR) is 118 cm³/mol. The maximum atomic E-state index is 13.2. The van der Waals surface area contributed by atoms with Crippen LogP contribution in [0.5, 0.6) is 5.75 Å². The summed E-state index contributed by atoms with van der Waals surface area (Å²) >= 11 is 1.27. The van der Waals surface area contributed by atoms with Crippen molar-refractivity contribution in [2.24, 2.45) is 0 Å². The van der Waals surface area contributed by atoms with Crippen LogP contribution in [0.25, 0.3) is 22.6 Å². The number of hydrogen-bond donors (Lipinski definition) is 1. The molecule has 0 aliphatic carbocycles. The van der Waals surface area contributed by atoms with Crippen LogP contribution < -0.4 is 10.1 Å². The first kappa shape index (κ1) is 20.9. The number of thioether (sulfide) groups is 1. The fourth-order valence-corrected chi connectivity index (χ4v) is 4.06. The Bertz CT molecular complexity index is 1250. The summed E-state index contributed by atoms with van der Waals surface area (Å²) in [7, 11) is 1.60. The fourth-order valence-electron chi connectivity index (χ4n) is 3.25. The number of rotatable bonds is 7. The molecule has 2 aromatic carbocycles. The summed E-state index contributed by atoms with van der Waals surface area (Å²) in [5, 5.41) is 12.8. The Morgan fingerprint density at radius 2 is 2.10 bits per heavy atom. The largest absolute Gasteiger partial charge is 0.493 e. The Kier molecular flexibility index (Phi) is 5.94. The lowest BCUT2D eigenvalue weighted by Gasteiger charge is -2.09. The highest BCUT2D eigenvalue weighted by Gasteiger charge is 2.19. The van der Waals surface area contributed by atoms with Crippen LogP contribution >= 0.6 is 11.8 Å². The number of para-hydroxylation sites is 1. The lowest BCUT2D eigenvalue weighted by atomic mass is 10.2. The molecule has 1 amide bonds. The molecule has 0 radical (unpaired) electrons. The van der Waals surface area contributed by atoms with E-state index >= 15 is 0 Å². The Balaban J connectivity index is 1.51. The normalized spacial score (nSPS) is 11.1. The molecule has 9 heteroatoms. The second-order valence-corrected chi connectivity index (χ2v) is 7.78. The number of furan rings is 1. The van der Waals surface area contributed by atoms with Gasteiger partial charge in [-0.15, -0.1) is 10.2 Å². The predicted octanol–water partition coefficient (Wildman–Crippen LogP) is 4.90. The molecule has 7 nitrogen and oxygen atoms in total. The molecule has 0 spiro atoms. The smallest absolute Gasteiger partial charge is 0.234 e. The van der Waals surface area contributed by atoms with Crippen LogP contribution in [-0.2, 0) is 11.3 Å². The van der Waals surface area contributed by atoms with Crippen LogP contribution in [-0.4, -0.2) is 33.5 Å². The maximum absolute atomic E-state index is 13.2. The van der Waals surface area contributed by atoms with Gasteiger partial charge in [0, 0.05) is 17.6 Å². The van der Waals surface area contributed by atoms with Gasteiger partial charge in [-0.25, -0.2) is 4.39 Å². The van der Waals surface area contributed by atoms with Gasteiger partial charge in [-0.2, -0.15) is 0 Å². The molecule has 0 saturated carbocycles. The first-order chi connectivity index (χ1) is 15.0. The van der Waals surface area contributed by atoms with Crippen LogP contribution in [0.2, 0.25) is 0 Å². The second kappa shape index (κ2) is 8.81. The number of aryl methyl sites for hydroxylation is 1. The third-order valence-corrected chi connectivity index (χ3v) is 5.74. The first-order valence-electron chi connectivity index (χ1n) is 9.69. The number of hydrogen-bond acceptors (Lipinski definition) is 6. The summed E-state index contributed by atoms with van der Waals surface area (Å²) in [5.41, 5.74) is 1.90. The van der Waals surface area contributed by atoms with Crippen LogP contribution in [0.15, 0.2) is 52.0 Å². The summed E-state index contributed by atoms with van der Waals surface area (Å²) in [4.78, 5) is 12.4. The van der Waals surface area contributed by atoms with Crippen molar-refractivity contribution in [1.29, 1.82) is 0 Å². The van der Waals surface area contributed by atoms with Crippen molar-refractivity contribution < 1.29 is 18.3 Å². The van der Waals surface area contributed by atoms with Gasteiger partial charge in [-0.1, -0.05) is 23.9 Å². The van der Waals surface area contributed by atoms with E-state index in [1.54, 1.807) is 20.1 Å². The van der Waals surface area contributed by atoms with Crippen molar-refractivity contribution in [3.63, 3.8) is 0 Å². The molecule has 0 fully saturated rings. The third kappa shape index (κ3) is 4.27. The van der Waals surface area contributed by atoms with Crippen LogP contribution in [0, 0.1) is 12.7 Å². The van der Waals surface area contributed by atoms with Gasteiger partial charge in [-0.3, -0.25) is 9.36 Å². The van der Waals surface area contributed by atoms with Gasteiger partial charge in [-0.05, 0) is 49.7 Å². The number of carbonyl (C=O) groups excluding carboxylic acids is 1. The van der Waals surface area contributed by atoms with Crippen molar-refractivity contribution in [2.45, 2.75) is 25.5 Å². The van der Waals surface area contributed by atoms with Gasteiger partial charge in [0.25, 0.3) is 0 Å². The van der Waals surface area contributed by atoms with Crippen LogP contribution in [0.3, 0.4) is 0 Å². The highest BCUT2D eigenvalue weighted by atomic mass is 32.2. The van der Waals surface area contributed by atoms with Crippen LogP contribution in [0.4, 0.5) is 10.1 Å². The summed E-state index contributed by atoms with van der Waals surface area (Å²) in [6.07, 6.45) is 0. The quantitative estimate of drug-likeness (QED) is 0.412. The van der Waals surface area contributed by atoms with Gasteiger partial charge in [0.05, 0.1) is 12.9 Å². The van der Waals surface area contributed by atoms with E-state index in [-0.39, 0.29) is 17.5 Å². The van der Waals surface area contributed by atoms with E-state index in [0.29, 0.717) is 45.9 Å². The SMILES string of the molecule is CCn1c(SCC(=O)Nc2ccc(F)cc2C)nnc1-c1cc2cccc(OC)c2o1. The molecule has 160 valence electrons. The molecule has 0 aliphatic rings. The highest BCUT2D eigenvalue weighted by molar-refractivity contribution is 7.99. The molecule has 31 heavy (non-hydrogen) atoms. The number of methoxy groups -OCH3 is 1. The Labute approximate surface area is 182 Å². The molecule has 4 aromatic rings. The summed E-state index contributed by atoms with van der Waals surface area (Å²) in [6, 6.07) is 11.8. The van der Waals surface area contributed by atoms with Crippen molar-refractivity contribution in [3.8, 4) is 17.3 Å². The molecule has 2 heterocycles. The molecule has 1 N–H and O–H groups in total. The van der Waals surface area contributed by atoms with E-state index in [4.69, 9.17) is 9.15 Å². The zero-order valence-electron chi connectivity index (χ0n) is 17.3. The first-order valence-corrected chi connectivity index (χ1v) is 10.7. The minimum Gasteiger partial charge on any atom is -0.493 e. The third-order valence-electron chi connectivity index (χ3n) is 4.78. The Morgan fingerprint density at radius 1 is 1.26 bits per heavy atom. The van der Waals surface area contributed by atoms with Gasteiger partial charge < -0.3 is 14.5 Å². The number of nitrogens with zero attached hydrogens (tertiary/aromatic N) is 3. The zero-order chi connectivity index (χ0) is 22.0. The number of amides is 1. The van der Waals surface area contributed by atoms with Crippen molar-refractivity contribution in [3.05, 3.63) is 53.8 Å². The molecular weight excluding hydrogens is 419 g/mol. The number of fused-ring (bicyclic) bond motifs is 1. The van der Waals surface area contributed by atoms with Crippen molar-refractivity contribution >= 4 is 34.3 Å². The molecule has 0 saturated heterocycles.